The fraction of sp³-hybridized carbons (Fsp3) is 0.435. The third kappa shape index (κ3) is 4.68. The van der Waals surface area contributed by atoms with E-state index < -0.39 is 10.0 Å². The van der Waals surface area contributed by atoms with Crippen molar-refractivity contribution in [2.75, 3.05) is 20.2 Å². The molecule has 1 atom stereocenters. The third-order valence-corrected chi connectivity index (χ3v) is 7.68. The molecule has 3 rings (SSSR count). The third-order valence-electron chi connectivity index (χ3n) is 5.79. The molecule has 0 radical (unpaired) electrons. The lowest BCUT2D eigenvalue weighted by molar-refractivity contribution is 0.0938. The highest BCUT2D eigenvalue weighted by atomic mass is 32.2. The average Bonchev–Trinajstić information content (AvgIpc) is 2.74. The number of hydrogen-bond donors (Lipinski definition) is 1. The van der Waals surface area contributed by atoms with Gasteiger partial charge in [-0.3, -0.25) is 4.79 Å². The standard InChI is InChI=1S/C23H30N2O4S/c1-16-11-13-25(14-12-16)30(27,28)19-10-9-17(2)21(15-19)23(26)24-18(3)20-7-5-6-8-22(20)29-4/h5-10,15-16,18H,11-14H2,1-4H3,(H,24,26). The highest BCUT2D eigenvalue weighted by Crippen LogP contribution is 2.27. The van der Waals surface area contributed by atoms with Gasteiger partial charge in [-0.05, 0) is 56.4 Å². The zero-order valence-electron chi connectivity index (χ0n) is 18.0. The SMILES string of the molecule is COc1ccccc1C(C)NC(=O)c1cc(S(=O)(=O)N2CCC(C)CC2)ccc1C. The summed E-state index contributed by atoms with van der Waals surface area (Å²) in [6.07, 6.45) is 1.71. The number of carbonyl (C=O) groups is 1. The number of aryl methyl sites for hydroxylation is 1. The van der Waals surface area contributed by atoms with Gasteiger partial charge >= 0.3 is 0 Å². The Balaban J connectivity index is 1.83. The van der Waals surface area contributed by atoms with Crippen LogP contribution in [0.5, 0.6) is 5.75 Å². The number of benzene rings is 2. The zero-order valence-corrected chi connectivity index (χ0v) is 18.8. The molecule has 1 aliphatic rings. The van der Waals surface area contributed by atoms with Crippen LogP contribution in [0.1, 0.15) is 54.2 Å². The molecule has 1 aliphatic heterocycles. The number of amides is 1. The van der Waals surface area contributed by atoms with E-state index in [1.54, 1.807) is 19.2 Å². The number of methoxy groups -OCH3 is 1. The van der Waals surface area contributed by atoms with Gasteiger partial charge < -0.3 is 10.1 Å². The van der Waals surface area contributed by atoms with Gasteiger partial charge in [0.05, 0.1) is 18.0 Å². The summed E-state index contributed by atoms with van der Waals surface area (Å²) < 4.78 is 33.1. The maximum atomic E-state index is 13.1. The Morgan fingerprint density at radius 1 is 1.17 bits per heavy atom. The first-order valence-corrected chi connectivity index (χ1v) is 11.7. The molecule has 0 saturated carbocycles. The van der Waals surface area contributed by atoms with Gasteiger partial charge in [0.25, 0.3) is 5.91 Å². The van der Waals surface area contributed by atoms with Crippen molar-refractivity contribution < 1.29 is 17.9 Å². The molecular weight excluding hydrogens is 400 g/mol. The van der Waals surface area contributed by atoms with Crippen molar-refractivity contribution in [1.29, 1.82) is 0 Å². The molecule has 1 N–H and O–H groups in total. The molecule has 1 unspecified atom stereocenters. The maximum Gasteiger partial charge on any atom is 0.252 e. The summed E-state index contributed by atoms with van der Waals surface area (Å²) in [5.41, 5.74) is 1.95. The van der Waals surface area contributed by atoms with Crippen molar-refractivity contribution in [2.24, 2.45) is 5.92 Å². The van der Waals surface area contributed by atoms with Crippen LogP contribution in [0.25, 0.3) is 0 Å². The summed E-state index contributed by atoms with van der Waals surface area (Å²) in [5, 5.41) is 2.96. The van der Waals surface area contributed by atoms with E-state index in [1.165, 1.54) is 10.4 Å². The van der Waals surface area contributed by atoms with E-state index in [0.717, 1.165) is 24.0 Å². The molecule has 2 aromatic rings. The monoisotopic (exact) mass is 430 g/mol. The van der Waals surface area contributed by atoms with E-state index in [9.17, 15) is 13.2 Å². The Labute approximate surface area is 179 Å². The molecule has 7 heteroatoms. The number of hydrogen-bond acceptors (Lipinski definition) is 4. The van der Waals surface area contributed by atoms with Gasteiger partial charge in [0.1, 0.15) is 5.75 Å². The summed E-state index contributed by atoms with van der Waals surface area (Å²) in [4.78, 5) is 13.2. The van der Waals surface area contributed by atoms with Crippen molar-refractivity contribution >= 4 is 15.9 Å². The molecule has 162 valence electrons. The molecule has 0 aliphatic carbocycles. The first kappa shape index (κ1) is 22.3. The van der Waals surface area contributed by atoms with E-state index in [1.807, 2.05) is 38.1 Å². The molecule has 1 fully saturated rings. The Kier molecular flexibility index (Phi) is 6.83. The number of carbonyl (C=O) groups excluding carboxylic acids is 1. The lowest BCUT2D eigenvalue weighted by atomic mass is 10.0. The van der Waals surface area contributed by atoms with Crippen molar-refractivity contribution in [3.05, 3.63) is 59.2 Å². The Morgan fingerprint density at radius 2 is 1.83 bits per heavy atom. The first-order chi connectivity index (χ1) is 14.2. The number of para-hydroxylation sites is 1. The lowest BCUT2D eigenvalue weighted by Gasteiger charge is -2.29. The molecule has 30 heavy (non-hydrogen) atoms. The van der Waals surface area contributed by atoms with Gasteiger partial charge in [0.15, 0.2) is 0 Å². The smallest absolute Gasteiger partial charge is 0.252 e. The fourth-order valence-electron chi connectivity index (χ4n) is 3.76. The molecule has 0 bridgehead atoms. The van der Waals surface area contributed by atoms with Crippen molar-refractivity contribution in [1.82, 2.24) is 9.62 Å². The number of ether oxygens (including phenoxy) is 1. The van der Waals surface area contributed by atoms with Crippen LogP contribution in [0.2, 0.25) is 0 Å². The van der Waals surface area contributed by atoms with E-state index in [-0.39, 0.29) is 16.8 Å². The minimum absolute atomic E-state index is 0.165. The predicted octanol–water partition coefficient (Wildman–Crippen LogP) is 3.92. The fourth-order valence-corrected chi connectivity index (χ4v) is 5.25. The van der Waals surface area contributed by atoms with E-state index in [2.05, 4.69) is 12.2 Å². The van der Waals surface area contributed by atoms with Crippen LogP contribution in [0.3, 0.4) is 0 Å². The molecule has 1 amide bonds. The molecular formula is C23H30N2O4S. The second-order valence-corrected chi connectivity index (χ2v) is 9.94. The van der Waals surface area contributed by atoms with Crippen molar-refractivity contribution in [2.45, 2.75) is 44.6 Å². The number of sulfonamides is 1. The van der Waals surface area contributed by atoms with Crippen molar-refractivity contribution in [3.63, 3.8) is 0 Å². The topological polar surface area (TPSA) is 75.7 Å². The summed E-state index contributed by atoms with van der Waals surface area (Å²) in [5.74, 6) is 0.917. The summed E-state index contributed by atoms with van der Waals surface area (Å²) in [7, 11) is -2.03. The van der Waals surface area contributed by atoms with Gasteiger partial charge in [-0.25, -0.2) is 8.42 Å². The highest BCUT2D eigenvalue weighted by Gasteiger charge is 2.29. The Bertz CT molecular complexity index is 1010. The van der Waals surface area contributed by atoms with Gasteiger partial charge in [0, 0.05) is 24.2 Å². The van der Waals surface area contributed by atoms with E-state index in [0.29, 0.717) is 30.3 Å². The quantitative estimate of drug-likeness (QED) is 0.754. The number of nitrogens with zero attached hydrogens (tertiary/aromatic N) is 1. The van der Waals surface area contributed by atoms with Crippen LogP contribution in [-0.2, 0) is 10.0 Å². The molecule has 0 aromatic heterocycles. The molecule has 2 aromatic carbocycles. The molecule has 6 nitrogen and oxygen atoms in total. The second kappa shape index (κ2) is 9.18. The van der Waals surface area contributed by atoms with Crippen LogP contribution in [0, 0.1) is 12.8 Å². The van der Waals surface area contributed by atoms with Crippen molar-refractivity contribution in [3.8, 4) is 5.75 Å². The minimum atomic E-state index is -3.62. The number of rotatable bonds is 6. The average molecular weight is 431 g/mol. The largest absolute Gasteiger partial charge is 0.496 e. The van der Waals surface area contributed by atoms with Crippen LogP contribution in [-0.4, -0.2) is 38.8 Å². The lowest BCUT2D eigenvalue weighted by Crippen LogP contribution is -2.38. The normalized spacial score (nSPS) is 16.8. The van der Waals surface area contributed by atoms with E-state index in [4.69, 9.17) is 4.74 Å². The van der Waals surface area contributed by atoms with Gasteiger partial charge in [0.2, 0.25) is 10.0 Å². The van der Waals surface area contributed by atoms with Gasteiger partial charge in [-0.2, -0.15) is 4.31 Å². The van der Waals surface area contributed by atoms with Crippen LogP contribution < -0.4 is 10.1 Å². The predicted molar refractivity (Wildman–Crippen MR) is 117 cm³/mol. The minimum Gasteiger partial charge on any atom is -0.496 e. The zero-order chi connectivity index (χ0) is 21.9. The van der Waals surface area contributed by atoms with Gasteiger partial charge in [-0.15, -0.1) is 0 Å². The molecule has 1 saturated heterocycles. The molecule has 0 spiro atoms. The molecule has 1 heterocycles. The number of piperidine rings is 1. The maximum absolute atomic E-state index is 13.1. The number of nitrogens with one attached hydrogen (secondary N) is 1. The van der Waals surface area contributed by atoms with Crippen LogP contribution in [0.15, 0.2) is 47.4 Å². The summed E-state index contributed by atoms with van der Waals surface area (Å²) in [6.45, 7) is 6.86. The summed E-state index contributed by atoms with van der Waals surface area (Å²) in [6, 6.07) is 12.0. The second-order valence-electron chi connectivity index (χ2n) is 8.00. The van der Waals surface area contributed by atoms with Gasteiger partial charge in [-0.1, -0.05) is 31.2 Å². The highest BCUT2D eigenvalue weighted by molar-refractivity contribution is 7.89. The Hall–Kier alpha value is -2.38. The summed E-state index contributed by atoms with van der Waals surface area (Å²) >= 11 is 0. The van der Waals surface area contributed by atoms with Crippen LogP contribution >= 0.6 is 0 Å². The first-order valence-electron chi connectivity index (χ1n) is 10.3. The van der Waals surface area contributed by atoms with Crippen LogP contribution in [0.4, 0.5) is 0 Å². The van der Waals surface area contributed by atoms with E-state index >= 15 is 0 Å². The Morgan fingerprint density at radius 3 is 2.50 bits per heavy atom.